The second kappa shape index (κ2) is 2.97. The van der Waals surface area contributed by atoms with E-state index in [1.165, 1.54) is 12.8 Å². The van der Waals surface area contributed by atoms with Crippen molar-refractivity contribution in [3.05, 3.63) is 0 Å². The minimum Gasteiger partial charge on any atom is -0.390 e. The molecule has 0 aromatic heterocycles. The second-order valence-electron chi connectivity index (χ2n) is 6.03. The molecule has 4 fully saturated rings. The molecule has 2 atom stereocenters. The fraction of sp³-hybridized carbons (Fsp3) is 0.917. The lowest BCUT2D eigenvalue weighted by atomic mass is 9.49. The molecule has 0 saturated heterocycles. The molecule has 0 heterocycles. The first-order chi connectivity index (χ1) is 7.06. The number of hydrogen-bond donors (Lipinski definition) is 2. The molecule has 0 radical (unpaired) electrons. The number of hydrogen-bond acceptors (Lipinski definition) is 2. The van der Waals surface area contributed by atoms with Gasteiger partial charge in [0.05, 0.1) is 5.60 Å². The summed E-state index contributed by atoms with van der Waals surface area (Å²) >= 11 is 0. The van der Waals surface area contributed by atoms with Crippen LogP contribution in [-0.2, 0) is 4.79 Å². The van der Waals surface area contributed by atoms with E-state index in [9.17, 15) is 9.90 Å². The van der Waals surface area contributed by atoms with Crippen molar-refractivity contribution in [1.29, 1.82) is 0 Å². The zero-order valence-corrected chi connectivity index (χ0v) is 8.98. The Bertz CT molecular complexity index is 286. The summed E-state index contributed by atoms with van der Waals surface area (Å²) < 4.78 is 0. The van der Waals surface area contributed by atoms with Gasteiger partial charge in [0.25, 0.3) is 0 Å². The summed E-state index contributed by atoms with van der Waals surface area (Å²) in [6.45, 7) is 0. The predicted molar refractivity (Wildman–Crippen MR) is 55.8 cm³/mol. The summed E-state index contributed by atoms with van der Waals surface area (Å²) in [4.78, 5) is 11.0. The van der Waals surface area contributed by atoms with Crippen molar-refractivity contribution >= 4 is 5.91 Å². The molecular weight excluding hydrogens is 190 g/mol. The molecule has 4 rings (SSSR count). The van der Waals surface area contributed by atoms with E-state index in [-0.39, 0.29) is 11.5 Å². The topological polar surface area (TPSA) is 63.3 Å². The molecule has 15 heavy (non-hydrogen) atoms. The Balaban J connectivity index is 1.82. The van der Waals surface area contributed by atoms with Crippen molar-refractivity contribution in [2.75, 3.05) is 0 Å². The Morgan fingerprint density at radius 2 is 1.87 bits per heavy atom. The maximum Gasteiger partial charge on any atom is 0.217 e. The Morgan fingerprint density at radius 3 is 2.33 bits per heavy atom. The van der Waals surface area contributed by atoms with Crippen molar-refractivity contribution in [3.8, 4) is 0 Å². The van der Waals surface area contributed by atoms with Crippen LogP contribution in [0.4, 0.5) is 0 Å². The average molecular weight is 209 g/mol. The average Bonchev–Trinajstić information content (AvgIpc) is 2.08. The van der Waals surface area contributed by atoms with Gasteiger partial charge in [-0.3, -0.25) is 4.79 Å². The zero-order valence-electron chi connectivity index (χ0n) is 8.98. The molecule has 3 heteroatoms. The first-order valence-corrected chi connectivity index (χ1v) is 6.06. The summed E-state index contributed by atoms with van der Waals surface area (Å²) in [5.74, 6) is 2.15. The number of amides is 1. The molecule has 84 valence electrons. The number of carbonyl (C=O) groups excluding carboxylic acids is 1. The molecule has 4 aliphatic rings. The number of rotatable bonds is 2. The molecular formula is C12H19NO2. The van der Waals surface area contributed by atoms with Crippen LogP contribution in [0.15, 0.2) is 0 Å². The van der Waals surface area contributed by atoms with Gasteiger partial charge in [-0.25, -0.2) is 0 Å². The smallest absolute Gasteiger partial charge is 0.217 e. The van der Waals surface area contributed by atoms with Crippen LogP contribution in [0, 0.1) is 23.7 Å². The number of primary amides is 1. The molecule has 4 bridgehead atoms. The van der Waals surface area contributed by atoms with Crippen LogP contribution in [0.25, 0.3) is 0 Å². The van der Waals surface area contributed by atoms with E-state index in [0.29, 0.717) is 24.2 Å². The molecule has 2 unspecified atom stereocenters. The van der Waals surface area contributed by atoms with Gasteiger partial charge in [-0.05, 0) is 55.8 Å². The minimum atomic E-state index is -0.384. The highest BCUT2D eigenvalue weighted by Gasteiger charge is 2.54. The van der Waals surface area contributed by atoms with Crippen molar-refractivity contribution in [1.82, 2.24) is 0 Å². The lowest BCUT2D eigenvalue weighted by Gasteiger charge is -2.58. The van der Waals surface area contributed by atoms with Gasteiger partial charge in [-0.2, -0.15) is 0 Å². The van der Waals surface area contributed by atoms with E-state index < -0.39 is 0 Å². The maximum atomic E-state index is 11.0. The van der Waals surface area contributed by atoms with Gasteiger partial charge in [0.15, 0.2) is 0 Å². The van der Waals surface area contributed by atoms with Crippen LogP contribution in [-0.4, -0.2) is 16.6 Å². The quantitative estimate of drug-likeness (QED) is 0.714. The van der Waals surface area contributed by atoms with E-state index in [4.69, 9.17) is 5.73 Å². The first-order valence-electron chi connectivity index (χ1n) is 6.06. The zero-order chi connectivity index (χ0) is 10.6. The number of nitrogens with two attached hydrogens (primary N) is 1. The monoisotopic (exact) mass is 209 g/mol. The Labute approximate surface area is 90.0 Å². The van der Waals surface area contributed by atoms with Crippen LogP contribution in [0.3, 0.4) is 0 Å². The summed E-state index contributed by atoms with van der Waals surface area (Å²) in [5, 5.41) is 10.3. The minimum absolute atomic E-state index is 0.167. The number of carbonyl (C=O) groups is 1. The van der Waals surface area contributed by atoms with Crippen LogP contribution in [0.1, 0.15) is 38.5 Å². The summed E-state index contributed by atoms with van der Waals surface area (Å²) in [7, 11) is 0. The standard InChI is InChI=1S/C12H19NO2/c13-11(14)3-10-8-1-7-2-9(10)6-12(15,4-7)5-8/h7-10,15H,1-6H2,(H2,13,14). The molecule has 4 aliphatic carbocycles. The second-order valence-corrected chi connectivity index (χ2v) is 6.03. The van der Waals surface area contributed by atoms with Gasteiger partial charge in [-0.15, -0.1) is 0 Å². The third-order valence-corrected chi connectivity index (χ3v) is 4.87. The Hall–Kier alpha value is -0.570. The highest BCUT2D eigenvalue weighted by molar-refractivity contribution is 5.74. The van der Waals surface area contributed by atoms with Crippen LogP contribution in [0.2, 0.25) is 0 Å². The molecule has 0 aliphatic heterocycles. The van der Waals surface area contributed by atoms with Crippen LogP contribution in [0.5, 0.6) is 0 Å². The normalized spacial score (nSPS) is 52.1. The van der Waals surface area contributed by atoms with Gasteiger partial charge < -0.3 is 10.8 Å². The van der Waals surface area contributed by atoms with E-state index in [1.54, 1.807) is 0 Å². The molecule has 0 aromatic carbocycles. The van der Waals surface area contributed by atoms with Crippen molar-refractivity contribution in [3.63, 3.8) is 0 Å². The summed E-state index contributed by atoms with van der Waals surface area (Å²) in [6.07, 6.45) is 5.81. The van der Waals surface area contributed by atoms with E-state index >= 15 is 0 Å². The highest BCUT2D eigenvalue weighted by atomic mass is 16.3. The Morgan fingerprint density at radius 1 is 1.27 bits per heavy atom. The molecule has 3 N–H and O–H groups in total. The molecule has 3 nitrogen and oxygen atoms in total. The SMILES string of the molecule is NC(=O)CC1C2CC3CC1CC(O)(C3)C2. The van der Waals surface area contributed by atoms with Crippen molar-refractivity contribution in [2.24, 2.45) is 29.4 Å². The van der Waals surface area contributed by atoms with Crippen molar-refractivity contribution in [2.45, 2.75) is 44.1 Å². The lowest BCUT2D eigenvalue weighted by Crippen LogP contribution is -2.55. The lowest BCUT2D eigenvalue weighted by molar-refractivity contribution is -0.156. The van der Waals surface area contributed by atoms with Gasteiger partial charge >= 0.3 is 0 Å². The molecule has 0 aromatic rings. The fourth-order valence-corrected chi connectivity index (χ4v) is 4.65. The maximum absolute atomic E-state index is 11.0. The molecule has 4 saturated carbocycles. The van der Waals surface area contributed by atoms with Gasteiger partial charge in [0.2, 0.25) is 5.91 Å². The van der Waals surface area contributed by atoms with Crippen LogP contribution >= 0.6 is 0 Å². The van der Waals surface area contributed by atoms with Gasteiger partial charge in [0.1, 0.15) is 0 Å². The third-order valence-electron chi connectivity index (χ3n) is 4.87. The number of aliphatic hydroxyl groups is 1. The summed E-state index contributed by atoms with van der Waals surface area (Å²) in [5.41, 5.74) is 4.92. The van der Waals surface area contributed by atoms with E-state index in [2.05, 4.69) is 0 Å². The van der Waals surface area contributed by atoms with Crippen LogP contribution < -0.4 is 5.73 Å². The highest BCUT2D eigenvalue weighted by Crippen LogP contribution is 2.58. The molecule has 0 spiro atoms. The summed E-state index contributed by atoms with van der Waals surface area (Å²) in [6, 6.07) is 0. The van der Waals surface area contributed by atoms with E-state index in [0.717, 1.165) is 25.2 Å². The van der Waals surface area contributed by atoms with E-state index in [1.807, 2.05) is 0 Å². The van der Waals surface area contributed by atoms with Crippen molar-refractivity contribution < 1.29 is 9.90 Å². The predicted octanol–water partition coefficient (Wildman–Crippen LogP) is 1.05. The Kier molecular flexibility index (Phi) is 1.91. The third kappa shape index (κ3) is 1.48. The molecule has 1 amide bonds. The fourth-order valence-electron chi connectivity index (χ4n) is 4.65. The first kappa shape index (κ1) is 9.64. The van der Waals surface area contributed by atoms with Gasteiger partial charge in [0, 0.05) is 6.42 Å². The largest absolute Gasteiger partial charge is 0.390 e. The van der Waals surface area contributed by atoms with Gasteiger partial charge in [-0.1, -0.05) is 0 Å².